The van der Waals surface area contributed by atoms with E-state index in [9.17, 15) is 4.79 Å². The Hall–Kier alpha value is -0.460. The van der Waals surface area contributed by atoms with Gasteiger partial charge in [-0.3, -0.25) is 4.79 Å². The number of aromatic nitrogens is 1. The van der Waals surface area contributed by atoms with Crippen LogP contribution in [0.5, 0.6) is 0 Å². The Labute approximate surface area is 76.7 Å². The van der Waals surface area contributed by atoms with Crippen molar-refractivity contribution in [2.24, 2.45) is 0 Å². The number of halogens is 1. The van der Waals surface area contributed by atoms with Crippen LogP contribution in [0.1, 0.15) is 6.92 Å². The van der Waals surface area contributed by atoms with Gasteiger partial charge < -0.3 is 11.5 Å². The van der Waals surface area contributed by atoms with Crippen LogP contribution in [-0.4, -0.2) is 10.9 Å². The summed E-state index contributed by atoms with van der Waals surface area (Å²) in [6.07, 6.45) is 1.65. The van der Waals surface area contributed by atoms with Gasteiger partial charge in [0.2, 0.25) is 5.91 Å². The van der Waals surface area contributed by atoms with Crippen molar-refractivity contribution in [1.82, 2.24) is 11.1 Å². The fraction of sp³-hybridized carbons (Fsp3) is 0.200. The molecular formula is C5H8BrN3OS. The van der Waals surface area contributed by atoms with Crippen LogP contribution in [0.25, 0.3) is 0 Å². The number of hydrogen-bond donors (Lipinski definition) is 2. The quantitative estimate of drug-likeness (QED) is 0.785. The smallest absolute Gasteiger partial charge is 0.223 e. The monoisotopic (exact) mass is 237 g/mol. The third kappa shape index (κ3) is 3.45. The van der Waals surface area contributed by atoms with Crippen LogP contribution in [0.2, 0.25) is 0 Å². The predicted octanol–water partition coefficient (Wildman–Crippen LogP) is 2.03. The normalized spacial score (nSPS) is 8.55. The largest absolute Gasteiger partial charge is 0.344 e. The minimum atomic E-state index is -0.0955. The number of carbonyl (C=O) groups is 1. The van der Waals surface area contributed by atoms with Gasteiger partial charge in [-0.15, -0.1) is 0 Å². The summed E-state index contributed by atoms with van der Waals surface area (Å²) < 4.78 is 0.913. The van der Waals surface area contributed by atoms with Crippen LogP contribution >= 0.6 is 27.3 Å². The van der Waals surface area contributed by atoms with Gasteiger partial charge in [-0.25, -0.2) is 4.98 Å². The minimum Gasteiger partial charge on any atom is -0.344 e. The summed E-state index contributed by atoms with van der Waals surface area (Å²) in [6.45, 7) is 1.45. The summed E-state index contributed by atoms with van der Waals surface area (Å²) in [5, 5.41) is 3.19. The fourth-order valence-electron chi connectivity index (χ4n) is 0.463. The van der Waals surface area contributed by atoms with Crippen molar-refractivity contribution in [3.63, 3.8) is 0 Å². The van der Waals surface area contributed by atoms with Gasteiger partial charge >= 0.3 is 0 Å². The first-order valence-corrected chi connectivity index (χ1v) is 4.18. The molecule has 0 fully saturated rings. The number of amides is 1. The molecule has 4 N–H and O–H groups in total. The zero-order chi connectivity index (χ0) is 7.56. The Balaban J connectivity index is 0.000001000. The summed E-state index contributed by atoms with van der Waals surface area (Å²) in [4.78, 5) is 14.4. The second-order valence-electron chi connectivity index (χ2n) is 1.65. The van der Waals surface area contributed by atoms with Crippen LogP contribution < -0.4 is 11.5 Å². The predicted molar refractivity (Wildman–Crippen MR) is 49.1 cm³/mol. The first-order valence-electron chi connectivity index (χ1n) is 2.57. The topological polar surface area (TPSA) is 77.0 Å². The second-order valence-corrected chi connectivity index (χ2v) is 4.06. The molecule has 0 aliphatic carbocycles. The number of nitrogens with zero attached hydrogens (tertiary/aromatic N) is 1. The Kier molecular flexibility index (Phi) is 4.24. The Morgan fingerprint density at radius 2 is 2.45 bits per heavy atom. The van der Waals surface area contributed by atoms with Crippen LogP contribution in [0.4, 0.5) is 5.13 Å². The highest BCUT2D eigenvalue weighted by Gasteiger charge is 1.98. The van der Waals surface area contributed by atoms with Gasteiger partial charge in [0.05, 0.1) is 9.98 Å². The average molecular weight is 238 g/mol. The highest BCUT2D eigenvalue weighted by Crippen LogP contribution is 2.22. The molecular weight excluding hydrogens is 230 g/mol. The van der Waals surface area contributed by atoms with E-state index in [1.165, 1.54) is 18.3 Å². The summed E-state index contributed by atoms with van der Waals surface area (Å²) in [5.41, 5.74) is 0. The number of anilines is 1. The summed E-state index contributed by atoms with van der Waals surface area (Å²) >= 11 is 4.62. The lowest BCUT2D eigenvalue weighted by atomic mass is 10.7. The van der Waals surface area contributed by atoms with Crippen molar-refractivity contribution in [2.45, 2.75) is 6.92 Å². The summed E-state index contributed by atoms with van der Waals surface area (Å²) in [7, 11) is 0. The van der Waals surface area contributed by atoms with E-state index in [1.807, 2.05) is 0 Å². The molecule has 0 saturated heterocycles. The van der Waals surface area contributed by atoms with Crippen molar-refractivity contribution in [2.75, 3.05) is 5.32 Å². The van der Waals surface area contributed by atoms with Crippen molar-refractivity contribution in [1.29, 1.82) is 0 Å². The lowest BCUT2D eigenvalue weighted by molar-refractivity contribution is -0.114. The van der Waals surface area contributed by atoms with Crippen LogP contribution in [0.3, 0.4) is 0 Å². The molecule has 11 heavy (non-hydrogen) atoms. The van der Waals surface area contributed by atoms with Gasteiger partial charge in [0.25, 0.3) is 0 Å². The molecule has 0 aliphatic rings. The third-order valence-corrected chi connectivity index (χ3v) is 2.15. The van der Waals surface area contributed by atoms with Gasteiger partial charge in [-0.1, -0.05) is 11.3 Å². The van der Waals surface area contributed by atoms with E-state index in [2.05, 4.69) is 26.2 Å². The average Bonchev–Trinajstić information content (AvgIpc) is 2.13. The molecule has 62 valence electrons. The van der Waals surface area contributed by atoms with Crippen LogP contribution in [-0.2, 0) is 4.79 Å². The van der Waals surface area contributed by atoms with E-state index in [1.54, 1.807) is 6.20 Å². The molecule has 0 saturated carbocycles. The Bertz CT molecular complexity index is 250. The lowest BCUT2D eigenvalue weighted by Crippen LogP contribution is -2.04. The van der Waals surface area contributed by atoms with E-state index in [-0.39, 0.29) is 12.1 Å². The van der Waals surface area contributed by atoms with E-state index >= 15 is 0 Å². The molecule has 1 heterocycles. The minimum absolute atomic E-state index is 0. The molecule has 0 unspecified atom stereocenters. The fourth-order valence-corrected chi connectivity index (χ4v) is 1.62. The van der Waals surface area contributed by atoms with Crippen molar-refractivity contribution >= 4 is 38.3 Å². The number of carbonyl (C=O) groups excluding carboxylic acids is 1. The zero-order valence-corrected chi connectivity index (χ0v) is 8.33. The van der Waals surface area contributed by atoms with Gasteiger partial charge in [0.1, 0.15) is 0 Å². The Morgan fingerprint density at radius 3 is 2.82 bits per heavy atom. The molecule has 1 aromatic rings. The van der Waals surface area contributed by atoms with Crippen LogP contribution in [0.15, 0.2) is 9.98 Å². The van der Waals surface area contributed by atoms with Gasteiger partial charge in [0, 0.05) is 6.92 Å². The highest BCUT2D eigenvalue weighted by molar-refractivity contribution is 9.11. The maximum Gasteiger partial charge on any atom is 0.223 e. The van der Waals surface area contributed by atoms with E-state index in [0.29, 0.717) is 5.13 Å². The molecule has 0 spiro atoms. The first kappa shape index (κ1) is 10.5. The van der Waals surface area contributed by atoms with Crippen molar-refractivity contribution in [3.8, 4) is 0 Å². The maximum atomic E-state index is 10.5. The van der Waals surface area contributed by atoms with Crippen molar-refractivity contribution in [3.05, 3.63) is 9.98 Å². The summed E-state index contributed by atoms with van der Waals surface area (Å²) in [5.74, 6) is -0.0955. The van der Waals surface area contributed by atoms with Gasteiger partial charge in [-0.2, -0.15) is 0 Å². The zero-order valence-electron chi connectivity index (χ0n) is 5.93. The van der Waals surface area contributed by atoms with Crippen molar-refractivity contribution < 1.29 is 4.79 Å². The molecule has 0 radical (unpaired) electrons. The van der Waals surface area contributed by atoms with Gasteiger partial charge in [-0.05, 0) is 15.9 Å². The maximum absolute atomic E-state index is 10.5. The Morgan fingerprint density at radius 1 is 1.82 bits per heavy atom. The van der Waals surface area contributed by atoms with E-state index in [4.69, 9.17) is 0 Å². The molecule has 6 heteroatoms. The van der Waals surface area contributed by atoms with E-state index < -0.39 is 0 Å². The van der Waals surface area contributed by atoms with Gasteiger partial charge in [0.15, 0.2) is 5.13 Å². The highest BCUT2D eigenvalue weighted by atomic mass is 79.9. The standard InChI is InChI=1S/C5H5BrN2OS.H3N/c1-3(9)8-5-7-2-4(6)10-5;/h2H,1H3,(H,7,8,9);1H3. The molecule has 4 nitrogen and oxygen atoms in total. The summed E-state index contributed by atoms with van der Waals surface area (Å²) in [6, 6.07) is 0. The molecule has 0 atom stereocenters. The molecule has 0 aliphatic heterocycles. The number of thiazole rings is 1. The molecule has 1 rings (SSSR count). The molecule has 1 amide bonds. The number of rotatable bonds is 1. The number of nitrogens with one attached hydrogen (secondary N) is 1. The molecule has 0 aromatic carbocycles. The van der Waals surface area contributed by atoms with E-state index in [0.717, 1.165) is 3.79 Å². The second kappa shape index (κ2) is 4.42. The molecule has 0 bridgehead atoms. The third-order valence-electron chi connectivity index (χ3n) is 0.760. The lowest BCUT2D eigenvalue weighted by Gasteiger charge is -1.91. The van der Waals surface area contributed by atoms with Crippen LogP contribution in [0, 0.1) is 0 Å². The first-order chi connectivity index (χ1) is 4.68. The SMILES string of the molecule is CC(=O)Nc1ncc(Br)s1.N. The number of hydrogen-bond acceptors (Lipinski definition) is 4. The molecule has 1 aromatic heterocycles.